The van der Waals surface area contributed by atoms with Gasteiger partial charge >= 0.3 is 0 Å². The summed E-state index contributed by atoms with van der Waals surface area (Å²) in [5, 5.41) is 0. The first-order valence-electron chi connectivity index (χ1n) is 4.72. The average molecular weight is 186 g/mol. The van der Waals surface area contributed by atoms with E-state index in [9.17, 15) is 0 Å². The summed E-state index contributed by atoms with van der Waals surface area (Å²) < 4.78 is 0. The van der Waals surface area contributed by atoms with Crippen LogP contribution in [0.25, 0.3) is 5.57 Å². The summed E-state index contributed by atoms with van der Waals surface area (Å²) in [6.45, 7) is 6.89. The van der Waals surface area contributed by atoms with Crippen molar-refractivity contribution in [3.63, 3.8) is 0 Å². The number of allylic oxidation sites excluding steroid dienone is 3. The van der Waals surface area contributed by atoms with Gasteiger partial charge in [-0.05, 0) is 18.6 Å². The third kappa shape index (κ3) is 1.23. The summed E-state index contributed by atoms with van der Waals surface area (Å²) in [4.78, 5) is 6.62. The molecule has 0 saturated carbocycles. The molecular weight excluding hydrogens is 172 g/mol. The lowest BCUT2D eigenvalue weighted by Crippen LogP contribution is -2.22. The van der Waals surface area contributed by atoms with Gasteiger partial charge in [0.15, 0.2) is 0 Å². The van der Waals surface area contributed by atoms with Gasteiger partial charge in [-0.15, -0.1) is 0 Å². The number of nitrogens with zero attached hydrogens (tertiary/aromatic N) is 2. The highest BCUT2D eigenvalue weighted by atomic mass is 15.1. The number of pyridine rings is 1. The number of hydrogen-bond donors (Lipinski definition) is 0. The van der Waals surface area contributed by atoms with E-state index in [0.29, 0.717) is 0 Å². The smallest absolute Gasteiger partial charge is 0.0768 e. The van der Waals surface area contributed by atoms with Crippen LogP contribution in [0.1, 0.15) is 18.2 Å². The summed E-state index contributed by atoms with van der Waals surface area (Å²) in [5.74, 6) is 0. The molecule has 0 unspecified atom stereocenters. The molecule has 0 atom stereocenters. The van der Waals surface area contributed by atoms with Crippen LogP contribution < -0.4 is 0 Å². The molecule has 0 spiro atoms. The predicted molar refractivity (Wildman–Crippen MR) is 58.5 cm³/mol. The predicted octanol–water partition coefficient (Wildman–Crippen LogP) is 2.44. The van der Waals surface area contributed by atoms with E-state index in [2.05, 4.69) is 36.5 Å². The van der Waals surface area contributed by atoms with Crippen LogP contribution in [0.4, 0.5) is 0 Å². The quantitative estimate of drug-likeness (QED) is 0.669. The van der Waals surface area contributed by atoms with Gasteiger partial charge in [0.25, 0.3) is 0 Å². The SMILES string of the molecule is C=CC1=C(C)N(C)Cc2cccnc21. The summed E-state index contributed by atoms with van der Waals surface area (Å²) in [6.07, 6.45) is 3.72. The Bertz CT molecular complexity index is 405. The second kappa shape index (κ2) is 3.29. The molecule has 72 valence electrons. The first-order valence-corrected chi connectivity index (χ1v) is 4.72. The minimum absolute atomic E-state index is 0.937. The normalized spacial score (nSPS) is 15.4. The molecule has 0 bridgehead atoms. The van der Waals surface area contributed by atoms with E-state index in [1.54, 1.807) is 0 Å². The van der Waals surface area contributed by atoms with Crippen LogP contribution in [0.5, 0.6) is 0 Å². The number of hydrogen-bond acceptors (Lipinski definition) is 2. The fourth-order valence-corrected chi connectivity index (χ4v) is 1.80. The van der Waals surface area contributed by atoms with Crippen molar-refractivity contribution < 1.29 is 0 Å². The Kier molecular flexibility index (Phi) is 2.12. The van der Waals surface area contributed by atoms with Crippen LogP contribution in [-0.2, 0) is 6.54 Å². The van der Waals surface area contributed by atoms with E-state index < -0.39 is 0 Å². The minimum Gasteiger partial charge on any atom is -0.373 e. The van der Waals surface area contributed by atoms with Crippen molar-refractivity contribution in [1.82, 2.24) is 9.88 Å². The van der Waals surface area contributed by atoms with Crippen molar-refractivity contribution in [3.05, 3.63) is 47.9 Å². The standard InChI is InChI=1S/C12H14N2/c1-4-11-9(2)14(3)8-10-6-5-7-13-12(10)11/h4-7H,1,8H2,2-3H3. The van der Waals surface area contributed by atoms with Crippen molar-refractivity contribution in [2.24, 2.45) is 0 Å². The van der Waals surface area contributed by atoms with Crippen molar-refractivity contribution in [2.45, 2.75) is 13.5 Å². The first kappa shape index (κ1) is 9.00. The van der Waals surface area contributed by atoms with Gasteiger partial charge < -0.3 is 4.90 Å². The molecule has 1 aliphatic rings. The molecule has 14 heavy (non-hydrogen) atoms. The van der Waals surface area contributed by atoms with E-state index in [-0.39, 0.29) is 0 Å². The molecule has 2 rings (SSSR count). The monoisotopic (exact) mass is 186 g/mol. The zero-order valence-electron chi connectivity index (χ0n) is 8.62. The molecule has 0 N–H and O–H groups in total. The third-order valence-corrected chi connectivity index (χ3v) is 2.72. The molecule has 1 aliphatic heterocycles. The molecule has 2 heteroatoms. The summed E-state index contributed by atoms with van der Waals surface area (Å²) >= 11 is 0. The van der Waals surface area contributed by atoms with Gasteiger partial charge in [0.2, 0.25) is 0 Å². The van der Waals surface area contributed by atoms with Crippen LogP contribution in [0.15, 0.2) is 36.7 Å². The minimum atomic E-state index is 0.937. The lowest BCUT2D eigenvalue weighted by Gasteiger charge is -2.28. The molecule has 0 aromatic carbocycles. The largest absolute Gasteiger partial charge is 0.373 e. The van der Waals surface area contributed by atoms with E-state index >= 15 is 0 Å². The molecule has 0 amide bonds. The number of rotatable bonds is 1. The van der Waals surface area contributed by atoms with Gasteiger partial charge in [-0.2, -0.15) is 0 Å². The Morgan fingerprint density at radius 2 is 2.36 bits per heavy atom. The molecule has 1 aromatic rings. The Labute approximate surface area is 84.6 Å². The summed E-state index contributed by atoms with van der Waals surface area (Å²) in [5.41, 5.74) is 4.74. The molecule has 1 aromatic heterocycles. The van der Waals surface area contributed by atoms with Crippen LogP contribution in [0, 0.1) is 0 Å². The van der Waals surface area contributed by atoms with Gasteiger partial charge in [0.05, 0.1) is 5.69 Å². The fraction of sp³-hybridized carbons (Fsp3) is 0.250. The number of fused-ring (bicyclic) bond motifs is 1. The van der Waals surface area contributed by atoms with Crippen molar-refractivity contribution in [2.75, 3.05) is 7.05 Å². The highest BCUT2D eigenvalue weighted by Gasteiger charge is 2.18. The van der Waals surface area contributed by atoms with Crippen molar-refractivity contribution in [1.29, 1.82) is 0 Å². The Hall–Kier alpha value is -1.57. The molecule has 0 aliphatic carbocycles. The molecule has 2 nitrogen and oxygen atoms in total. The van der Waals surface area contributed by atoms with Gasteiger partial charge in [-0.1, -0.05) is 18.7 Å². The summed E-state index contributed by atoms with van der Waals surface area (Å²) in [6, 6.07) is 4.10. The maximum Gasteiger partial charge on any atom is 0.0768 e. The van der Waals surface area contributed by atoms with Gasteiger partial charge in [0, 0.05) is 31.1 Å². The highest BCUT2D eigenvalue weighted by molar-refractivity contribution is 5.76. The van der Waals surface area contributed by atoms with Gasteiger partial charge in [-0.25, -0.2) is 0 Å². The second-order valence-electron chi connectivity index (χ2n) is 3.57. The first-order chi connectivity index (χ1) is 6.74. The van der Waals surface area contributed by atoms with Crippen LogP contribution in [-0.4, -0.2) is 16.9 Å². The van der Waals surface area contributed by atoms with Gasteiger partial charge in [0.1, 0.15) is 0 Å². The molecule has 2 heterocycles. The molecule has 0 radical (unpaired) electrons. The van der Waals surface area contributed by atoms with Gasteiger partial charge in [-0.3, -0.25) is 4.98 Å². The van der Waals surface area contributed by atoms with E-state index in [4.69, 9.17) is 0 Å². The highest BCUT2D eigenvalue weighted by Crippen LogP contribution is 2.29. The third-order valence-electron chi connectivity index (χ3n) is 2.72. The summed E-state index contributed by atoms with van der Waals surface area (Å²) in [7, 11) is 2.09. The zero-order chi connectivity index (χ0) is 10.1. The average Bonchev–Trinajstić information content (AvgIpc) is 2.20. The van der Waals surface area contributed by atoms with E-state index in [1.165, 1.54) is 11.3 Å². The fourth-order valence-electron chi connectivity index (χ4n) is 1.80. The topological polar surface area (TPSA) is 16.1 Å². The van der Waals surface area contributed by atoms with E-state index in [0.717, 1.165) is 17.8 Å². The lowest BCUT2D eigenvalue weighted by molar-refractivity contribution is 0.406. The Balaban J connectivity index is 2.63. The number of aromatic nitrogens is 1. The Morgan fingerprint density at radius 1 is 1.57 bits per heavy atom. The maximum absolute atomic E-state index is 4.40. The van der Waals surface area contributed by atoms with E-state index in [1.807, 2.05) is 18.3 Å². The molecule has 0 saturated heterocycles. The van der Waals surface area contributed by atoms with Crippen LogP contribution in [0.2, 0.25) is 0 Å². The second-order valence-corrected chi connectivity index (χ2v) is 3.57. The zero-order valence-corrected chi connectivity index (χ0v) is 8.62. The lowest BCUT2D eigenvalue weighted by atomic mass is 9.99. The molecular formula is C12H14N2. The van der Waals surface area contributed by atoms with Crippen molar-refractivity contribution in [3.8, 4) is 0 Å². The maximum atomic E-state index is 4.40. The Morgan fingerprint density at radius 3 is 3.07 bits per heavy atom. The molecule has 0 fully saturated rings. The van der Waals surface area contributed by atoms with Crippen molar-refractivity contribution >= 4 is 5.57 Å². The van der Waals surface area contributed by atoms with Crippen LogP contribution >= 0.6 is 0 Å². The van der Waals surface area contributed by atoms with Crippen LogP contribution in [0.3, 0.4) is 0 Å².